The van der Waals surface area contributed by atoms with E-state index in [1.165, 1.54) is 13.3 Å². The number of carbonyl (C=O) groups is 2. The predicted octanol–water partition coefficient (Wildman–Crippen LogP) is 4.82. The van der Waals surface area contributed by atoms with Crippen molar-refractivity contribution >= 4 is 34.0 Å². The van der Waals surface area contributed by atoms with Gasteiger partial charge in [0.05, 0.1) is 18.9 Å². The number of ether oxygens (including phenoxy) is 3. The lowest BCUT2D eigenvalue weighted by molar-refractivity contribution is -0.123. The van der Waals surface area contributed by atoms with Crippen molar-refractivity contribution in [2.45, 2.75) is 13.8 Å². The quantitative estimate of drug-likeness (QED) is 0.203. The summed E-state index contributed by atoms with van der Waals surface area (Å²) in [6, 6.07) is 17.6. The van der Waals surface area contributed by atoms with Gasteiger partial charge in [-0.25, -0.2) is 10.2 Å². The van der Waals surface area contributed by atoms with Crippen molar-refractivity contribution in [3.05, 3.63) is 87.4 Å². The van der Waals surface area contributed by atoms with Gasteiger partial charge in [-0.1, -0.05) is 39.7 Å². The number of esters is 1. The van der Waals surface area contributed by atoms with E-state index >= 15 is 0 Å². The summed E-state index contributed by atoms with van der Waals surface area (Å²) < 4.78 is 17.1. The van der Waals surface area contributed by atoms with Crippen molar-refractivity contribution in [1.82, 2.24) is 5.43 Å². The van der Waals surface area contributed by atoms with Gasteiger partial charge in [-0.2, -0.15) is 5.10 Å². The van der Waals surface area contributed by atoms with Gasteiger partial charge in [0.2, 0.25) is 0 Å². The molecule has 0 fully saturated rings. The number of benzene rings is 3. The molecule has 33 heavy (non-hydrogen) atoms. The van der Waals surface area contributed by atoms with Crippen LogP contribution in [-0.2, 0) is 4.79 Å². The Bertz CT molecular complexity index is 1190. The van der Waals surface area contributed by atoms with Crippen LogP contribution in [0, 0.1) is 13.8 Å². The number of carbonyl (C=O) groups excluding carboxylic acids is 2. The molecule has 0 heterocycles. The summed E-state index contributed by atoms with van der Waals surface area (Å²) in [5, 5.41) is 3.94. The summed E-state index contributed by atoms with van der Waals surface area (Å²) in [6.07, 6.45) is 1.46. The van der Waals surface area contributed by atoms with Crippen molar-refractivity contribution in [1.29, 1.82) is 0 Å². The van der Waals surface area contributed by atoms with Crippen molar-refractivity contribution in [2.24, 2.45) is 5.10 Å². The van der Waals surface area contributed by atoms with Crippen LogP contribution in [0.2, 0.25) is 0 Å². The number of aryl methyl sites for hydroxylation is 2. The van der Waals surface area contributed by atoms with Crippen LogP contribution in [0.3, 0.4) is 0 Å². The van der Waals surface area contributed by atoms with E-state index in [1.807, 2.05) is 38.1 Å². The Morgan fingerprint density at radius 1 is 1.00 bits per heavy atom. The average molecular weight is 511 g/mol. The standard InChI is InChI=1S/C25H23BrN2O5/c1-16-7-9-21(17(2)11-16)32-15-24(29)28-27-14-18-8-10-22(23(12-18)31-3)33-25(30)19-5-4-6-20(26)13-19/h4-14H,15H2,1-3H3,(H,28,29)/b27-14+. The Labute approximate surface area is 200 Å². The van der Waals surface area contributed by atoms with Gasteiger partial charge in [-0.05, 0) is 67.4 Å². The first kappa shape index (κ1) is 24.0. The molecular formula is C25H23BrN2O5. The van der Waals surface area contributed by atoms with Crippen molar-refractivity contribution in [3.8, 4) is 17.2 Å². The summed E-state index contributed by atoms with van der Waals surface area (Å²) in [7, 11) is 1.47. The summed E-state index contributed by atoms with van der Waals surface area (Å²) in [4.78, 5) is 24.4. The van der Waals surface area contributed by atoms with Gasteiger partial charge < -0.3 is 14.2 Å². The number of rotatable bonds is 8. The van der Waals surface area contributed by atoms with Crippen LogP contribution < -0.4 is 19.6 Å². The molecule has 0 aliphatic carbocycles. The highest BCUT2D eigenvalue weighted by Gasteiger charge is 2.13. The first-order chi connectivity index (χ1) is 15.9. The van der Waals surface area contributed by atoms with Gasteiger partial charge in [0.25, 0.3) is 5.91 Å². The molecule has 0 saturated carbocycles. The van der Waals surface area contributed by atoms with Crippen molar-refractivity contribution in [2.75, 3.05) is 13.7 Å². The lowest BCUT2D eigenvalue weighted by Crippen LogP contribution is -2.24. The molecule has 8 heteroatoms. The number of hydrogen-bond acceptors (Lipinski definition) is 6. The van der Waals surface area contributed by atoms with Crippen LogP contribution in [0.15, 0.2) is 70.2 Å². The molecule has 1 amide bonds. The lowest BCUT2D eigenvalue weighted by atomic mass is 10.1. The molecule has 3 aromatic rings. The van der Waals surface area contributed by atoms with Gasteiger partial charge in [0, 0.05) is 4.47 Å². The number of hydrogen-bond donors (Lipinski definition) is 1. The zero-order chi connectivity index (χ0) is 23.8. The lowest BCUT2D eigenvalue weighted by Gasteiger charge is -2.10. The predicted molar refractivity (Wildman–Crippen MR) is 129 cm³/mol. The minimum absolute atomic E-state index is 0.158. The number of methoxy groups -OCH3 is 1. The molecular weight excluding hydrogens is 488 g/mol. The summed E-state index contributed by atoms with van der Waals surface area (Å²) in [5.41, 5.74) is 5.55. The monoisotopic (exact) mass is 510 g/mol. The minimum atomic E-state index is -0.507. The van der Waals surface area contributed by atoms with Gasteiger partial charge in [-0.15, -0.1) is 0 Å². The highest BCUT2D eigenvalue weighted by Crippen LogP contribution is 2.28. The number of halogens is 1. The number of nitrogens with one attached hydrogen (secondary N) is 1. The molecule has 0 saturated heterocycles. The van der Waals surface area contributed by atoms with Gasteiger partial charge in [-0.3, -0.25) is 4.79 Å². The van der Waals surface area contributed by atoms with Crippen LogP contribution in [-0.4, -0.2) is 31.8 Å². The van der Waals surface area contributed by atoms with E-state index in [-0.39, 0.29) is 12.4 Å². The summed E-state index contributed by atoms with van der Waals surface area (Å²) >= 11 is 3.33. The SMILES string of the molecule is COc1cc(/C=N/NC(=O)COc2ccc(C)cc2C)ccc1OC(=O)c1cccc(Br)c1. The molecule has 0 bridgehead atoms. The fourth-order valence-electron chi connectivity index (χ4n) is 2.94. The van der Waals surface area contributed by atoms with Crippen LogP contribution in [0.25, 0.3) is 0 Å². The molecule has 3 rings (SSSR count). The molecule has 170 valence electrons. The maximum atomic E-state index is 12.4. The highest BCUT2D eigenvalue weighted by molar-refractivity contribution is 9.10. The molecule has 0 atom stereocenters. The second kappa shape index (κ2) is 11.3. The average Bonchev–Trinajstić information content (AvgIpc) is 2.79. The van der Waals surface area contributed by atoms with Crippen LogP contribution in [0.5, 0.6) is 17.2 Å². The Morgan fingerprint density at radius 2 is 1.79 bits per heavy atom. The number of amides is 1. The Balaban J connectivity index is 1.57. The van der Waals surface area contributed by atoms with E-state index in [2.05, 4.69) is 26.5 Å². The summed E-state index contributed by atoms with van der Waals surface area (Å²) in [6.45, 7) is 3.76. The van der Waals surface area contributed by atoms with E-state index < -0.39 is 11.9 Å². The third-order valence-electron chi connectivity index (χ3n) is 4.54. The van der Waals surface area contributed by atoms with Gasteiger partial charge in [0.1, 0.15) is 5.75 Å². The second-order valence-electron chi connectivity index (χ2n) is 7.16. The Kier molecular flexibility index (Phi) is 8.21. The van der Waals surface area contributed by atoms with Crippen LogP contribution in [0.4, 0.5) is 0 Å². The molecule has 0 aromatic heterocycles. The zero-order valence-corrected chi connectivity index (χ0v) is 20.0. The van der Waals surface area contributed by atoms with E-state index in [9.17, 15) is 9.59 Å². The van der Waals surface area contributed by atoms with E-state index in [0.29, 0.717) is 22.6 Å². The van der Waals surface area contributed by atoms with Gasteiger partial charge >= 0.3 is 5.97 Å². The Hall–Kier alpha value is -3.65. The maximum absolute atomic E-state index is 12.4. The maximum Gasteiger partial charge on any atom is 0.343 e. The molecule has 0 unspecified atom stereocenters. The highest BCUT2D eigenvalue weighted by atomic mass is 79.9. The molecule has 1 N–H and O–H groups in total. The topological polar surface area (TPSA) is 86.2 Å². The normalized spacial score (nSPS) is 10.7. The zero-order valence-electron chi connectivity index (χ0n) is 18.4. The molecule has 0 spiro atoms. The number of nitrogens with zero attached hydrogens (tertiary/aromatic N) is 1. The van der Waals surface area contributed by atoms with E-state index in [1.54, 1.807) is 36.4 Å². The smallest absolute Gasteiger partial charge is 0.343 e. The molecule has 0 aliphatic heterocycles. The fraction of sp³-hybridized carbons (Fsp3) is 0.160. The van der Waals surface area contributed by atoms with Crippen LogP contribution in [0.1, 0.15) is 27.0 Å². The largest absolute Gasteiger partial charge is 0.493 e. The third kappa shape index (κ3) is 6.92. The van der Waals surface area contributed by atoms with Gasteiger partial charge in [0.15, 0.2) is 18.1 Å². The van der Waals surface area contributed by atoms with E-state index in [4.69, 9.17) is 14.2 Å². The molecule has 3 aromatic carbocycles. The second-order valence-corrected chi connectivity index (χ2v) is 8.08. The molecule has 0 aliphatic rings. The third-order valence-corrected chi connectivity index (χ3v) is 5.04. The molecule has 0 radical (unpaired) electrons. The first-order valence-electron chi connectivity index (χ1n) is 10.0. The van der Waals surface area contributed by atoms with Crippen molar-refractivity contribution in [3.63, 3.8) is 0 Å². The van der Waals surface area contributed by atoms with Crippen molar-refractivity contribution < 1.29 is 23.8 Å². The fourth-order valence-corrected chi connectivity index (χ4v) is 3.34. The van der Waals surface area contributed by atoms with Crippen LogP contribution >= 0.6 is 15.9 Å². The van der Waals surface area contributed by atoms with E-state index in [0.717, 1.165) is 15.6 Å². The minimum Gasteiger partial charge on any atom is -0.493 e. The summed E-state index contributed by atoms with van der Waals surface area (Å²) in [5.74, 6) is 0.375. The number of hydrazone groups is 1. The molecule has 7 nitrogen and oxygen atoms in total. The Morgan fingerprint density at radius 3 is 2.52 bits per heavy atom. The first-order valence-corrected chi connectivity index (χ1v) is 10.8.